The van der Waals surface area contributed by atoms with E-state index in [1.807, 2.05) is 30.5 Å². The lowest BCUT2D eigenvalue weighted by molar-refractivity contribution is 0.0912. The number of carbonyl (C=O) groups is 1. The van der Waals surface area contributed by atoms with Crippen LogP contribution in [0.2, 0.25) is 0 Å². The van der Waals surface area contributed by atoms with Crippen LogP contribution in [0, 0.1) is 5.92 Å². The molecule has 3 nitrogen and oxygen atoms in total. The smallest absolute Gasteiger partial charge is 0.253 e. The molecule has 1 heterocycles. The van der Waals surface area contributed by atoms with Gasteiger partial charge in [0.2, 0.25) is 0 Å². The molecule has 1 aliphatic carbocycles. The number of rotatable bonds is 4. The van der Waals surface area contributed by atoms with Crippen LogP contribution < -0.4 is 5.32 Å². The van der Waals surface area contributed by atoms with Crippen LogP contribution in [0.4, 0.5) is 0 Å². The summed E-state index contributed by atoms with van der Waals surface area (Å²) in [6.07, 6.45) is 9.38. The van der Waals surface area contributed by atoms with Crippen molar-refractivity contribution in [3.05, 3.63) is 36.0 Å². The normalized spacial score (nSPS) is 17.8. The van der Waals surface area contributed by atoms with Crippen molar-refractivity contribution >= 4 is 16.8 Å². The molecule has 1 unspecified atom stereocenters. The fourth-order valence-electron chi connectivity index (χ4n) is 3.61. The molecule has 2 N–H and O–H groups in total. The minimum atomic E-state index is 0.0560. The van der Waals surface area contributed by atoms with Gasteiger partial charge in [0.15, 0.2) is 0 Å². The van der Waals surface area contributed by atoms with Crippen LogP contribution in [-0.4, -0.2) is 16.9 Å². The van der Waals surface area contributed by atoms with E-state index in [0.717, 1.165) is 22.9 Å². The van der Waals surface area contributed by atoms with Crippen molar-refractivity contribution in [1.29, 1.82) is 0 Å². The summed E-state index contributed by atoms with van der Waals surface area (Å²) in [6, 6.07) is 8.20. The summed E-state index contributed by atoms with van der Waals surface area (Å²) >= 11 is 0. The third-order valence-electron chi connectivity index (χ3n) is 4.81. The van der Waals surface area contributed by atoms with Gasteiger partial charge in [-0.25, -0.2) is 0 Å². The van der Waals surface area contributed by atoms with Gasteiger partial charge >= 0.3 is 0 Å². The van der Waals surface area contributed by atoms with Crippen molar-refractivity contribution in [2.45, 2.75) is 51.5 Å². The van der Waals surface area contributed by atoms with Gasteiger partial charge in [0.25, 0.3) is 5.91 Å². The number of hydrogen-bond donors (Lipinski definition) is 2. The Labute approximate surface area is 126 Å². The van der Waals surface area contributed by atoms with E-state index in [1.165, 1.54) is 32.1 Å². The van der Waals surface area contributed by atoms with Crippen molar-refractivity contribution in [2.24, 2.45) is 5.92 Å². The van der Waals surface area contributed by atoms with Gasteiger partial charge in [-0.05, 0) is 37.3 Å². The highest BCUT2D eigenvalue weighted by Crippen LogP contribution is 2.28. The van der Waals surface area contributed by atoms with E-state index in [9.17, 15) is 4.79 Å². The van der Waals surface area contributed by atoms with E-state index in [1.54, 1.807) is 0 Å². The van der Waals surface area contributed by atoms with Crippen molar-refractivity contribution in [1.82, 2.24) is 10.3 Å². The molecule has 1 amide bonds. The zero-order valence-electron chi connectivity index (χ0n) is 12.7. The number of H-pyrrole nitrogens is 1. The van der Waals surface area contributed by atoms with Gasteiger partial charge in [-0.15, -0.1) is 0 Å². The van der Waals surface area contributed by atoms with Crippen LogP contribution in [0.5, 0.6) is 0 Å². The van der Waals surface area contributed by atoms with E-state index < -0.39 is 0 Å². The number of aromatic nitrogens is 1. The van der Waals surface area contributed by atoms with E-state index in [-0.39, 0.29) is 5.91 Å². The Morgan fingerprint density at radius 1 is 1.29 bits per heavy atom. The number of fused-ring (bicyclic) bond motifs is 1. The Bertz CT molecular complexity index is 610. The Morgan fingerprint density at radius 3 is 2.86 bits per heavy atom. The van der Waals surface area contributed by atoms with Crippen molar-refractivity contribution in [2.75, 3.05) is 0 Å². The fourth-order valence-corrected chi connectivity index (χ4v) is 3.61. The predicted octanol–water partition coefficient (Wildman–Crippen LogP) is 4.26. The van der Waals surface area contributed by atoms with Gasteiger partial charge in [-0.3, -0.25) is 4.79 Å². The number of aromatic amines is 1. The summed E-state index contributed by atoms with van der Waals surface area (Å²) in [6.45, 7) is 2.18. The summed E-state index contributed by atoms with van der Waals surface area (Å²) in [5.74, 6) is 0.705. The molecule has 0 spiro atoms. The topological polar surface area (TPSA) is 44.9 Å². The molecule has 21 heavy (non-hydrogen) atoms. The maximum atomic E-state index is 12.6. The lowest BCUT2D eigenvalue weighted by Gasteiger charge is -2.30. The van der Waals surface area contributed by atoms with Crippen molar-refractivity contribution in [3.8, 4) is 0 Å². The maximum Gasteiger partial charge on any atom is 0.253 e. The molecular weight excluding hydrogens is 260 g/mol. The first kappa shape index (κ1) is 14.2. The molecule has 1 saturated carbocycles. The van der Waals surface area contributed by atoms with E-state index in [0.29, 0.717) is 12.0 Å². The number of carbonyl (C=O) groups excluding carboxylic acids is 1. The van der Waals surface area contributed by atoms with Gasteiger partial charge in [-0.1, -0.05) is 38.3 Å². The summed E-state index contributed by atoms with van der Waals surface area (Å²) < 4.78 is 0. The average Bonchev–Trinajstić information content (AvgIpc) is 3.01. The summed E-state index contributed by atoms with van der Waals surface area (Å²) in [5, 5.41) is 4.37. The molecule has 1 aromatic carbocycles. The summed E-state index contributed by atoms with van der Waals surface area (Å²) in [7, 11) is 0. The third kappa shape index (κ3) is 2.97. The average molecular weight is 284 g/mol. The van der Waals surface area contributed by atoms with Crippen molar-refractivity contribution < 1.29 is 4.79 Å². The molecule has 0 saturated heterocycles. The molecule has 112 valence electrons. The lowest BCUT2D eigenvalue weighted by atomic mass is 9.83. The standard InChI is InChI=1S/C18H24N2O/c1-2-16(13-7-4-3-5-8-13)20-18(21)15-10-6-9-14-11-12-19-17(14)15/h6,9-13,16,19H,2-5,7-8H2,1H3,(H,20,21). The van der Waals surface area contributed by atoms with E-state index >= 15 is 0 Å². The largest absolute Gasteiger partial charge is 0.361 e. The molecule has 1 fully saturated rings. The number of para-hydroxylation sites is 1. The first-order valence-corrected chi connectivity index (χ1v) is 8.16. The highest BCUT2D eigenvalue weighted by molar-refractivity contribution is 6.05. The van der Waals surface area contributed by atoms with Crippen LogP contribution in [0.3, 0.4) is 0 Å². The zero-order chi connectivity index (χ0) is 14.7. The third-order valence-corrected chi connectivity index (χ3v) is 4.81. The van der Waals surface area contributed by atoms with Crippen LogP contribution in [0.25, 0.3) is 10.9 Å². The summed E-state index contributed by atoms with van der Waals surface area (Å²) in [5.41, 5.74) is 1.69. The van der Waals surface area contributed by atoms with Crippen LogP contribution >= 0.6 is 0 Å². The second-order valence-corrected chi connectivity index (χ2v) is 6.13. The Morgan fingerprint density at radius 2 is 2.10 bits per heavy atom. The fraction of sp³-hybridized carbons (Fsp3) is 0.500. The molecule has 1 aromatic heterocycles. The zero-order valence-corrected chi connectivity index (χ0v) is 12.7. The molecular formula is C18H24N2O. The Hall–Kier alpha value is -1.77. The highest BCUT2D eigenvalue weighted by atomic mass is 16.1. The van der Waals surface area contributed by atoms with E-state index in [4.69, 9.17) is 0 Å². The van der Waals surface area contributed by atoms with Crippen LogP contribution in [0.1, 0.15) is 55.8 Å². The molecule has 3 rings (SSSR count). The second-order valence-electron chi connectivity index (χ2n) is 6.13. The molecule has 0 aliphatic heterocycles. The quantitative estimate of drug-likeness (QED) is 0.866. The predicted molar refractivity (Wildman–Crippen MR) is 86.4 cm³/mol. The van der Waals surface area contributed by atoms with Gasteiger partial charge in [-0.2, -0.15) is 0 Å². The minimum absolute atomic E-state index is 0.0560. The Kier molecular flexibility index (Phi) is 4.28. The molecule has 0 bridgehead atoms. The molecule has 3 heteroatoms. The van der Waals surface area contributed by atoms with Crippen molar-refractivity contribution in [3.63, 3.8) is 0 Å². The minimum Gasteiger partial charge on any atom is -0.361 e. The van der Waals surface area contributed by atoms with Gasteiger partial charge in [0.1, 0.15) is 0 Å². The number of hydrogen-bond acceptors (Lipinski definition) is 1. The second kappa shape index (κ2) is 6.33. The SMILES string of the molecule is CCC(NC(=O)c1cccc2cc[nH]c12)C1CCCCC1. The van der Waals surface area contributed by atoms with Gasteiger partial charge in [0.05, 0.1) is 11.1 Å². The maximum absolute atomic E-state index is 12.6. The molecule has 1 atom stereocenters. The Balaban J connectivity index is 1.76. The van der Waals surface area contributed by atoms with Crippen LogP contribution in [0.15, 0.2) is 30.5 Å². The summed E-state index contributed by atoms with van der Waals surface area (Å²) in [4.78, 5) is 15.8. The molecule has 0 radical (unpaired) electrons. The van der Waals surface area contributed by atoms with Crippen LogP contribution in [-0.2, 0) is 0 Å². The number of nitrogens with one attached hydrogen (secondary N) is 2. The number of amides is 1. The monoisotopic (exact) mass is 284 g/mol. The highest BCUT2D eigenvalue weighted by Gasteiger charge is 2.24. The lowest BCUT2D eigenvalue weighted by Crippen LogP contribution is -2.40. The molecule has 2 aromatic rings. The van der Waals surface area contributed by atoms with Gasteiger partial charge < -0.3 is 10.3 Å². The first-order valence-electron chi connectivity index (χ1n) is 8.16. The first-order chi connectivity index (χ1) is 10.3. The number of benzene rings is 1. The van der Waals surface area contributed by atoms with E-state index in [2.05, 4.69) is 17.2 Å². The van der Waals surface area contributed by atoms with Gasteiger partial charge in [0, 0.05) is 17.6 Å². The molecule has 1 aliphatic rings.